The van der Waals surface area contributed by atoms with Crippen molar-refractivity contribution < 1.29 is 14.3 Å². The van der Waals surface area contributed by atoms with Gasteiger partial charge in [-0.15, -0.1) is 0 Å². The number of hydrogen-bond acceptors (Lipinski definition) is 4. The molecule has 1 amide bonds. The van der Waals surface area contributed by atoms with Gasteiger partial charge in [0.05, 0.1) is 18.5 Å². The molecule has 130 valence electrons. The molecule has 5 rings (SSSR count). The number of rotatable bonds is 1. The van der Waals surface area contributed by atoms with E-state index in [0.717, 1.165) is 5.39 Å². The van der Waals surface area contributed by atoms with Crippen LogP contribution < -0.4 is 4.74 Å². The van der Waals surface area contributed by atoms with E-state index in [2.05, 4.69) is 9.97 Å². The summed E-state index contributed by atoms with van der Waals surface area (Å²) in [5, 5.41) is 0.905. The molecule has 6 nitrogen and oxygen atoms in total. The Labute approximate surface area is 149 Å². The number of ether oxygens (including phenoxy) is 1. The molecule has 2 aromatic heterocycles. The molecule has 1 atom stereocenters. The van der Waals surface area contributed by atoms with Crippen LogP contribution in [0.5, 0.6) is 5.75 Å². The van der Waals surface area contributed by atoms with Gasteiger partial charge >= 0.3 is 0 Å². The van der Waals surface area contributed by atoms with Crippen molar-refractivity contribution in [1.82, 2.24) is 14.9 Å². The van der Waals surface area contributed by atoms with Crippen LogP contribution in [0.3, 0.4) is 0 Å². The average molecular weight is 347 g/mol. The SMILES string of the molecule is O=C1CC2(CCN(C(=O)c3cc4cccnc4[nH]3)C2)Oc2ccccc21. The Morgan fingerprint density at radius 3 is 3.00 bits per heavy atom. The molecule has 1 unspecified atom stereocenters. The number of nitrogens with one attached hydrogen (secondary N) is 1. The van der Waals surface area contributed by atoms with Crippen molar-refractivity contribution in [3.63, 3.8) is 0 Å². The number of hydrogen-bond donors (Lipinski definition) is 1. The maximum atomic E-state index is 12.9. The van der Waals surface area contributed by atoms with Gasteiger partial charge in [0, 0.05) is 24.5 Å². The van der Waals surface area contributed by atoms with Crippen LogP contribution in [0, 0.1) is 0 Å². The number of ketones is 1. The standard InChI is InChI=1S/C20H17N3O3/c24-16-11-20(26-17-6-2-1-5-14(16)17)7-9-23(12-20)19(25)15-10-13-4-3-8-21-18(13)22-15/h1-6,8,10H,7,9,11-12H2,(H,21,22). The van der Waals surface area contributed by atoms with Crippen LogP contribution in [0.2, 0.25) is 0 Å². The van der Waals surface area contributed by atoms with E-state index in [-0.39, 0.29) is 11.7 Å². The first kappa shape index (κ1) is 15.1. The van der Waals surface area contributed by atoms with E-state index >= 15 is 0 Å². The smallest absolute Gasteiger partial charge is 0.270 e. The highest BCUT2D eigenvalue weighted by Gasteiger charge is 2.47. The van der Waals surface area contributed by atoms with Crippen molar-refractivity contribution in [1.29, 1.82) is 0 Å². The molecule has 1 aromatic carbocycles. The zero-order valence-corrected chi connectivity index (χ0v) is 14.1. The van der Waals surface area contributed by atoms with Crippen molar-refractivity contribution in [2.24, 2.45) is 0 Å². The van der Waals surface area contributed by atoms with Gasteiger partial charge in [0.25, 0.3) is 5.91 Å². The minimum atomic E-state index is -0.620. The molecule has 6 heteroatoms. The molecular weight excluding hydrogens is 330 g/mol. The number of pyridine rings is 1. The summed E-state index contributed by atoms with van der Waals surface area (Å²) in [6, 6.07) is 12.9. The molecule has 3 aromatic rings. The second-order valence-electron chi connectivity index (χ2n) is 6.98. The number of carbonyl (C=O) groups is 2. The predicted molar refractivity (Wildman–Crippen MR) is 95.4 cm³/mol. The van der Waals surface area contributed by atoms with Crippen molar-refractivity contribution in [3.8, 4) is 5.75 Å². The number of H-pyrrole nitrogens is 1. The minimum Gasteiger partial charge on any atom is -0.484 e. The maximum absolute atomic E-state index is 12.9. The number of fused-ring (bicyclic) bond motifs is 2. The summed E-state index contributed by atoms with van der Waals surface area (Å²) >= 11 is 0. The second-order valence-corrected chi connectivity index (χ2v) is 6.98. The summed E-state index contributed by atoms with van der Waals surface area (Å²) in [5.74, 6) is 0.610. The Balaban J connectivity index is 1.40. The van der Waals surface area contributed by atoms with Gasteiger partial charge in [0.15, 0.2) is 5.78 Å². The monoisotopic (exact) mass is 347 g/mol. The number of carbonyl (C=O) groups excluding carboxylic acids is 2. The van der Waals surface area contributed by atoms with Gasteiger partial charge in [-0.2, -0.15) is 0 Å². The van der Waals surface area contributed by atoms with Crippen molar-refractivity contribution in [2.45, 2.75) is 18.4 Å². The van der Waals surface area contributed by atoms with E-state index in [1.807, 2.05) is 36.4 Å². The number of amides is 1. The molecule has 26 heavy (non-hydrogen) atoms. The molecule has 4 heterocycles. The molecule has 0 radical (unpaired) electrons. The summed E-state index contributed by atoms with van der Waals surface area (Å²) < 4.78 is 6.19. The number of Topliss-reactive ketones (excluding diaryl/α,β-unsaturated/α-hetero) is 1. The fraction of sp³-hybridized carbons (Fsp3) is 0.250. The highest BCUT2D eigenvalue weighted by Crippen LogP contribution is 2.38. The Kier molecular flexibility index (Phi) is 3.16. The van der Waals surface area contributed by atoms with E-state index < -0.39 is 5.60 Å². The zero-order chi connectivity index (χ0) is 17.7. The van der Waals surface area contributed by atoms with Crippen LogP contribution in [0.1, 0.15) is 33.7 Å². The molecule has 1 fully saturated rings. The highest BCUT2D eigenvalue weighted by molar-refractivity contribution is 6.01. The van der Waals surface area contributed by atoms with Gasteiger partial charge in [0.1, 0.15) is 22.7 Å². The Hall–Kier alpha value is -3.15. The molecule has 1 spiro atoms. The van der Waals surface area contributed by atoms with Crippen LogP contribution >= 0.6 is 0 Å². The molecule has 0 bridgehead atoms. The van der Waals surface area contributed by atoms with Crippen LogP contribution in [-0.2, 0) is 0 Å². The predicted octanol–water partition coefficient (Wildman–Crippen LogP) is 2.81. The zero-order valence-electron chi connectivity index (χ0n) is 14.1. The number of benzene rings is 1. The van der Waals surface area contributed by atoms with Crippen LogP contribution in [0.15, 0.2) is 48.7 Å². The summed E-state index contributed by atoms with van der Waals surface area (Å²) in [5.41, 5.74) is 1.22. The lowest BCUT2D eigenvalue weighted by molar-refractivity contribution is 0.0427. The number of para-hydroxylation sites is 1. The number of aromatic nitrogens is 2. The number of nitrogens with zero attached hydrogens (tertiary/aromatic N) is 2. The molecule has 1 N–H and O–H groups in total. The molecule has 0 aliphatic carbocycles. The first-order valence-corrected chi connectivity index (χ1v) is 8.68. The summed E-state index contributed by atoms with van der Waals surface area (Å²) in [7, 11) is 0. The molecular formula is C20H17N3O3. The van der Waals surface area contributed by atoms with Gasteiger partial charge in [0.2, 0.25) is 0 Å². The summed E-state index contributed by atoms with van der Waals surface area (Å²) in [6.07, 6.45) is 2.65. The lowest BCUT2D eigenvalue weighted by Crippen LogP contribution is -2.45. The fourth-order valence-corrected chi connectivity index (χ4v) is 3.93. The normalized spacial score (nSPS) is 21.8. The Bertz CT molecular complexity index is 1010. The van der Waals surface area contributed by atoms with Crippen molar-refractivity contribution in [3.05, 3.63) is 59.9 Å². The topological polar surface area (TPSA) is 75.3 Å². The van der Waals surface area contributed by atoms with E-state index in [0.29, 0.717) is 48.6 Å². The summed E-state index contributed by atoms with van der Waals surface area (Å²) in [4.78, 5) is 34.5. The number of aromatic amines is 1. The lowest BCUT2D eigenvalue weighted by atomic mass is 9.89. The molecule has 2 aliphatic rings. The van der Waals surface area contributed by atoms with Gasteiger partial charge in [-0.1, -0.05) is 12.1 Å². The van der Waals surface area contributed by atoms with E-state index in [1.54, 1.807) is 17.2 Å². The second kappa shape index (κ2) is 5.42. The molecule has 1 saturated heterocycles. The largest absolute Gasteiger partial charge is 0.484 e. The Morgan fingerprint density at radius 1 is 1.23 bits per heavy atom. The third-order valence-electron chi connectivity index (χ3n) is 5.22. The summed E-state index contributed by atoms with van der Waals surface area (Å²) in [6.45, 7) is 0.978. The first-order chi connectivity index (χ1) is 12.6. The highest BCUT2D eigenvalue weighted by atomic mass is 16.5. The third kappa shape index (κ3) is 2.29. The van der Waals surface area contributed by atoms with Crippen molar-refractivity contribution >= 4 is 22.7 Å². The van der Waals surface area contributed by atoms with Gasteiger partial charge in [-0.05, 0) is 30.3 Å². The van der Waals surface area contributed by atoms with Gasteiger partial charge < -0.3 is 14.6 Å². The van der Waals surface area contributed by atoms with E-state index in [1.165, 1.54) is 0 Å². The van der Waals surface area contributed by atoms with Gasteiger partial charge in [-0.3, -0.25) is 9.59 Å². The van der Waals surface area contributed by atoms with Crippen molar-refractivity contribution in [2.75, 3.05) is 13.1 Å². The molecule has 0 saturated carbocycles. The lowest BCUT2D eigenvalue weighted by Gasteiger charge is -2.34. The van der Waals surface area contributed by atoms with Crippen LogP contribution in [0.4, 0.5) is 0 Å². The minimum absolute atomic E-state index is 0.0796. The van der Waals surface area contributed by atoms with Crippen LogP contribution in [0.25, 0.3) is 11.0 Å². The Morgan fingerprint density at radius 2 is 2.12 bits per heavy atom. The maximum Gasteiger partial charge on any atom is 0.270 e. The average Bonchev–Trinajstić information content (AvgIpc) is 3.25. The first-order valence-electron chi connectivity index (χ1n) is 8.68. The third-order valence-corrected chi connectivity index (χ3v) is 5.22. The van der Waals surface area contributed by atoms with Gasteiger partial charge in [-0.25, -0.2) is 4.98 Å². The quantitative estimate of drug-likeness (QED) is 0.734. The fourth-order valence-electron chi connectivity index (χ4n) is 3.93. The van der Waals surface area contributed by atoms with E-state index in [4.69, 9.17) is 4.74 Å². The van der Waals surface area contributed by atoms with E-state index in [9.17, 15) is 9.59 Å². The van der Waals surface area contributed by atoms with Crippen LogP contribution in [-0.4, -0.2) is 45.2 Å². The molecule has 2 aliphatic heterocycles. The number of likely N-dealkylation sites (tertiary alicyclic amines) is 1.